The van der Waals surface area contributed by atoms with Gasteiger partial charge in [0.05, 0.1) is 19.9 Å². The second-order valence-electron chi connectivity index (χ2n) is 8.03. The number of carbonyl (C=O) groups is 1. The summed E-state index contributed by atoms with van der Waals surface area (Å²) in [6.45, 7) is 4.44. The van der Waals surface area contributed by atoms with Crippen molar-refractivity contribution in [2.45, 2.75) is 33.2 Å². The molecule has 2 heterocycles. The number of ether oxygens (including phenoxy) is 2. The smallest absolute Gasteiger partial charge is 0.220 e. The molecule has 2 aromatic heterocycles. The molecule has 0 atom stereocenters. The van der Waals surface area contributed by atoms with E-state index in [-0.39, 0.29) is 5.91 Å². The highest BCUT2D eigenvalue weighted by Gasteiger charge is 2.16. The molecular weight excluding hydrogens is 452 g/mol. The van der Waals surface area contributed by atoms with Crippen LogP contribution in [-0.4, -0.2) is 34.7 Å². The number of hydrogen-bond donors (Lipinski definition) is 1. The summed E-state index contributed by atoms with van der Waals surface area (Å²) in [5.74, 6) is 1.37. The molecule has 0 bridgehead atoms. The average molecular weight is 479 g/mol. The predicted molar refractivity (Wildman–Crippen MR) is 133 cm³/mol. The number of methoxy groups -OCH3 is 2. The van der Waals surface area contributed by atoms with Crippen molar-refractivity contribution < 1.29 is 14.3 Å². The minimum atomic E-state index is -0.0158. The molecule has 0 aliphatic rings. The van der Waals surface area contributed by atoms with E-state index >= 15 is 0 Å². The van der Waals surface area contributed by atoms with E-state index < -0.39 is 0 Å². The Kier molecular flexibility index (Phi) is 7.03. The Morgan fingerprint density at radius 3 is 2.53 bits per heavy atom. The maximum absolute atomic E-state index is 12.5. The Bertz CT molecular complexity index is 1330. The van der Waals surface area contributed by atoms with Crippen molar-refractivity contribution in [1.82, 2.24) is 19.9 Å². The van der Waals surface area contributed by atoms with Gasteiger partial charge in [0.25, 0.3) is 0 Å². The van der Waals surface area contributed by atoms with Crippen LogP contribution in [0.3, 0.4) is 0 Å². The zero-order valence-electron chi connectivity index (χ0n) is 19.7. The van der Waals surface area contributed by atoms with Gasteiger partial charge in [-0.3, -0.25) is 4.79 Å². The summed E-state index contributed by atoms with van der Waals surface area (Å²) in [6.07, 6.45) is 0.941. The fourth-order valence-corrected chi connectivity index (χ4v) is 4.09. The molecule has 2 aromatic carbocycles. The first kappa shape index (κ1) is 23.6. The molecule has 0 aliphatic carbocycles. The van der Waals surface area contributed by atoms with Gasteiger partial charge in [-0.15, -0.1) is 0 Å². The van der Waals surface area contributed by atoms with Crippen LogP contribution in [0, 0.1) is 13.8 Å². The van der Waals surface area contributed by atoms with Crippen LogP contribution in [0.1, 0.15) is 28.9 Å². The first-order chi connectivity index (χ1) is 16.4. The summed E-state index contributed by atoms with van der Waals surface area (Å²) >= 11 is 5.92. The van der Waals surface area contributed by atoms with Gasteiger partial charge in [-0.05, 0) is 55.7 Å². The number of halogens is 1. The van der Waals surface area contributed by atoms with E-state index in [1.807, 2.05) is 66.9 Å². The predicted octanol–water partition coefficient (Wildman–Crippen LogP) is 4.93. The summed E-state index contributed by atoms with van der Waals surface area (Å²) in [4.78, 5) is 17.2. The molecule has 0 saturated carbocycles. The van der Waals surface area contributed by atoms with E-state index in [0.29, 0.717) is 35.9 Å². The van der Waals surface area contributed by atoms with Crippen LogP contribution in [0.2, 0.25) is 5.02 Å². The summed E-state index contributed by atoms with van der Waals surface area (Å²) in [6, 6.07) is 15.0. The van der Waals surface area contributed by atoms with Gasteiger partial charge in [-0.2, -0.15) is 5.10 Å². The van der Waals surface area contributed by atoms with Crippen molar-refractivity contribution >= 4 is 23.2 Å². The highest BCUT2D eigenvalue weighted by Crippen LogP contribution is 2.33. The molecule has 0 aliphatic heterocycles. The van der Waals surface area contributed by atoms with Gasteiger partial charge < -0.3 is 14.8 Å². The number of fused-ring (bicyclic) bond motifs is 1. The van der Waals surface area contributed by atoms with Gasteiger partial charge in [0.2, 0.25) is 5.91 Å². The highest BCUT2D eigenvalue weighted by atomic mass is 35.5. The Morgan fingerprint density at radius 1 is 1.06 bits per heavy atom. The van der Waals surface area contributed by atoms with Crippen LogP contribution in [0.5, 0.6) is 11.5 Å². The third kappa shape index (κ3) is 4.99. The Balaban J connectivity index is 1.52. The van der Waals surface area contributed by atoms with Crippen molar-refractivity contribution in [2.24, 2.45) is 0 Å². The Labute approximate surface area is 203 Å². The van der Waals surface area contributed by atoms with Crippen LogP contribution in [0.4, 0.5) is 0 Å². The van der Waals surface area contributed by atoms with E-state index in [0.717, 1.165) is 39.4 Å². The third-order valence-corrected chi connectivity index (χ3v) is 6.11. The lowest BCUT2D eigenvalue weighted by Gasteiger charge is -2.11. The second kappa shape index (κ2) is 10.1. The quantitative estimate of drug-likeness (QED) is 0.388. The van der Waals surface area contributed by atoms with Crippen molar-refractivity contribution in [3.05, 3.63) is 76.1 Å². The summed E-state index contributed by atoms with van der Waals surface area (Å²) in [5, 5.41) is 8.42. The van der Waals surface area contributed by atoms with Gasteiger partial charge >= 0.3 is 0 Å². The van der Waals surface area contributed by atoms with Crippen LogP contribution in [0.15, 0.2) is 48.5 Å². The van der Waals surface area contributed by atoms with E-state index in [9.17, 15) is 4.79 Å². The Morgan fingerprint density at radius 2 is 1.82 bits per heavy atom. The maximum Gasteiger partial charge on any atom is 0.220 e. The number of benzene rings is 2. The Hall–Kier alpha value is -3.58. The molecule has 8 heteroatoms. The van der Waals surface area contributed by atoms with E-state index in [2.05, 4.69) is 5.32 Å². The number of aryl methyl sites for hydroxylation is 2. The number of rotatable bonds is 8. The molecule has 176 valence electrons. The normalized spacial score (nSPS) is 11.0. The summed E-state index contributed by atoms with van der Waals surface area (Å²) < 4.78 is 12.7. The van der Waals surface area contributed by atoms with Crippen molar-refractivity contribution in [1.29, 1.82) is 0 Å². The molecule has 7 nitrogen and oxygen atoms in total. The third-order valence-electron chi connectivity index (χ3n) is 5.85. The molecule has 0 fully saturated rings. The monoisotopic (exact) mass is 478 g/mol. The SMILES string of the molecule is COc1ccc(-c2cc3nc(C)c(CCC(=O)NCc4ccc(Cl)cc4)c(C)n3n2)c(OC)c1. The highest BCUT2D eigenvalue weighted by molar-refractivity contribution is 6.30. The topological polar surface area (TPSA) is 77.8 Å². The fraction of sp³-hybridized carbons (Fsp3) is 0.269. The van der Waals surface area contributed by atoms with Crippen molar-refractivity contribution in [3.63, 3.8) is 0 Å². The fourth-order valence-electron chi connectivity index (χ4n) is 3.96. The number of aromatic nitrogens is 3. The molecule has 0 unspecified atom stereocenters. The molecule has 34 heavy (non-hydrogen) atoms. The molecule has 1 amide bonds. The number of nitrogens with one attached hydrogen (secondary N) is 1. The summed E-state index contributed by atoms with van der Waals surface area (Å²) in [5.41, 5.74) is 6.24. The number of hydrogen-bond acceptors (Lipinski definition) is 5. The molecule has 0 saturated heterocycles. The van der Waals surface area contributed by atoms with Gasteiger partial charge in [-0.1, -0.05) is 23.7 Å². The lowest BCUT2D eigenvalue weighted by Crippen LogP contribution is -2.23. The zero-order chi connectivity index (χ0) is 24.2. The lowest BCUT2D eigenvalue weighted by molar-refractivity contribution is -0.121. The molecular formula is C26H27ClN4O3. The van der Waals surface area contributed by atoms with Crippen LogP contribution < -0.4 is 14.8 Å². The van der Waals surface area contributed by atoms with E-state index in [1.54, 1.807) is 14.2 Å². The van der Waals surface area contributed by atoms with Crippen molar-refractivity contribution in [3.8, 4) is 22.8 Å². The largest absolute Gasteiger partial charge is 0.497 e. The van der Waals surface area contributed by atoms with Gasteiger partial charge in [0, 0.05) is 47.1 Å². The maximum atomic E-state index is 12.5. The lowest BCUT2D eigenvalue weighted by atomic mass is 10.1. The molecule has 4 aromatic rings. The second-order valence-corrected chi connectivity index (χ2v) is 8.47. The van der Waals surface area contributed by atoms with Crippen molar-refractivity contribution in [2.75, 3.05) is 14.2 Å². The van der Waals surface area contributed by atoms with Gasteiger partial charge in [-0.25, -0.2) is 9.50 Å². The minimum Gasteiger partial charge on any atom is -0.497 e. The minimum absolute atomic E-state index is 0.0158. The van der Waals surface area contributed by atoms with Gasteiger partial charge in [0.1, 0.15) is 11.5 Å². The van der Waals surface area contributed by atoms with Crippen LogP contribution >= 0.6 is 11.6 Å². The number of carbonyl (C=O) groups excluding carboxylic acids is 1. The van der Waals surface area contributed by atoms with Gasteiger partial charge in [0.15, 0.2) is 5.65 Å². The van der Waals surface area contributed by atoms with Crippen LogP contribution in [-0.2, 0) is 17.8 Å². The van der Waals surface area contributed by atoms with E-state index in [4.69, 9.17) is 31.2 Å². The molecule has 1 N–H and O–H groups in total. The first-order valence-corrected chi connectivity index (χ1v) is 11.4. The number of amides is 1. The summed E-state index contributed by atoms with van der Waals surface area (Å²) in [7, 11) is 3.24. The standard InChI is InChI=1S/C26H27ClN4O3/c1-16-21(11-12-26(32)28-15-18-5-7-19(27)8-6-18)17(2)31-25(29-16)14-23(30-31)22-10-9-20(33-3)13-24(22)34-4/h5-10,13-14H,11-12,15H2,1-4H3,(H,28,32). The first-order valence-electron chi connectivity index (χ1n) is 11.0. The van der Waals surface area contributed by atoms with Crippen LogP contribution in [0.25, 0.3) is 16.9 Å². The average Bonchev–Trinajstić information content (AvgIpc) is 3.27. The zero-order valence-corrected chi connectivity index (χ0v) is 20.4. The molecule has 0 spiro atoms. The number of nitrogens with zero attached hydrogens (tertiary/aromatic N) is 3. The molecule has 4 rings (SSSR count). The molecule has 0 radical (unpaired) electrons. The van der Waals surface area contributed by atoms with E-state index in [1.165, 1.54) is 0 Å².